The number of nitrogens with one attached hydrogen (secondary N) is 1. The molecule has 2 aliphatic heterocycles. The lowest BCUT2D eigenvalue weighted by molar-refractivity contribution is -0.131. The SMILES string of the molecule is O=C(Nc1ncn(Cc2cccc(Br)c2)n1)C1CCC2(CCOC2)O1. The fourth-order valence-corrected chi connectivity index (χ4v) is 3.76. The average Bonchev–Trinajstić information content (AvgIpc) is 3.31. The number of nitrogens with zero attached hydrogens (tertiary/aromatic N) is 3. The summed E-state index contributed by atoms with van der Waals surface area (Å²) >= 11 is 3.45. The minimum atomic E-state index is -0.460. The molecule has 25 heavy (non-hydrogen) atoms. The van der Waals surface area contributed by atoms with Gasteiger partial charge in [-0.3, -0.25) is 10.1 Å². The van der Waals surface area contributed by atoms with Crippen molar-refractivity contribution in [1.82, 2.24) is 14.8 Å². The van der Waals surface area contributed by atoms with Crippen LogP contribution in [0.25, 0.3) is 0 Å². The summed E-state index contributed by atoms with van der Waals surface area (Å²) in [6, 6.07) is 7.98. The second-order valence-electron chi connectivity index (χ2n) is 6.52. The normalized spacial score (nSPS) is 25.6. The quantitative estimate of drug-likeness (QED) is 0.842. The van der Waals surface area contributed by atoms with Gasteiger partial charge in [0.1, 0.15) is 12.4 Å². The van der Waals surface area contributed by atoms with Crippen LogP contribution in [0, 0.1) is 0 Å². The second kappa shape index (κ2) is 6.86. The minimum absolute atomic E-state index is 0.191. The molecule has 2 fully saturated rings. The van der Waals surface area contributed by atoms with Crippen molar-refractivity contribution >= 4 is 27.8 Å². The molecule has 3 heterocycles. The van der Waals surface area contributed by atoms with Crippen LogP contribution >= 0.6 is 15.9 Å². The van der Waals surface area contributed by atoms with Crippen LogP contribution in [-0.2, 0) is 20.8 Å². The Morgan fingerprint density at radius 1 is 1.44 bits per heavy atom. The molecule has 1 aromatic carbocycles. The van der Waals surface area contributed by atoms with Crippen LogP contribution in [0.2, 0.25) is 0 Å². The van der Waals surface area contributed by atoms with Gasteiger partial charge in [-0.2, -0.15) is 0 Å². The number of ether oxygens (including phenoxy) is 2. The van der Waals surface area contributed by atoms with E-state index in [0.717, 1.165) is 22.9 Å². The summed E-state index contributed by atoms with van der Waals surface area (Å²) in [7, 11) is 0. The van der Waals surface area contributed by atoms with Crippen molar-refractivity contribution in [2.24, 2.45) is 0 Å². The molecule has 0 saturated carbocycles. The van der Waals surface area contributed by atoms with Crippen molar-refractivity contribution in [1.29, 1.82) is 0 Å². The van der Waals surface area contributed by atoms with Gasteiger partial charge >= 0.3 is 0 Å². The smallest absolute Gasteiger partial charge is 0.255 e. The number of amides is 1. The molecule has 2 aromatic rings. The molecule has 1 N–H and O–H groups in total. The van der Waals surface area contributed by atoms with E-state index in [1.165, 1.54) is 0 Å². The molecule has 1 aromatic heterocycles. The highest BCUT2D eigenvalue weighted by molar-refractivity contribution is 9.10. The fraction of sp³-hybridized carbons (Fsp3) is 0.471. The lowest BCUT2D eigenvalue weighted by atomic mass is 9.99. The number of carbonyl (C=O) groups excluding carboxylic acids is 1. The van der Waals surface area contributed by atoms with Crippen LogP contribution in [0.1, 0.15) is 24.8 Å². The second-order valence-corrected chi connectivity index (χ2v) is 7.43. The molecule has 8 heteroatoms. The molecule has 0 bridgehead atoms. The van der Waals surface area contributed by atoms with Crippen molar-refractivity contribution in [2.75, 3.05) is 18.5 Å². The molecule has 2 unspecified atom stereocenters. The highest BCUT2D eigenvalue weighted by atomic mass is 79.9. The molecule has 7 nitrogen and oxygen atoms in total. The van der Waals surface area contributed by atoms with E-state index >= 15 is 0 Å². The summed E-state index contributed by atoms with van der Waals surface area (Å²) in [5.74, 6) is 0.108. The lowest BCUT2D eigenvalue weighted by Gasteiger charge is -2.21. The van der Waals surface area contributed by atoms with Crippen molar-refractivity contribution < 1.29 is 14.3 Å². The Kier molecular flexibility index (Phi) is 4.58. The molecule has 4 rings (SSSR count). The Balaban J connectivity index is 1.35. The number of halogens is 1. The highest BCUT2D eigenvalue weighted by Gasteiger charge is 2.45. The van der Waals surface area contributed by atoms with E-state index < -0.39 is 6.10 Å². The summed E-state index contributed by atoms with van der Waals surface area (Å²) in [4.78, 5) is 16.6. The number of aromatic nitrogens is 3. The molecule has 132 valence electrons. The molecule has 0 radical (unpaired) electrons. The third kappa shape index (κ3) is 3.75. The van der Waals surface area contributed by atoms with Crippen molar-refractivity contribution in [3.05, 3.63) is 40.6 Å². The van der Waals surface area contributed by atoms with Gasteiger partial charge < -0.3 is 9.47 Å². The molecule has 2 saturated heterocycles. The number of benzene rings is 1. The molecule has 2 aliphatic rings. The average molecular weight is 407 g/mol. The summed E-state index contributed by atoms with van der Waals surface area (Å²) in [6.45, 7) is 1.87. The summed E-state index contributed by atoms with van der Waals surface area (Å²) in [5.41, 5.74) is 0.828. The first-order chi connectivity index (χ1) is 12.1. The van der Waals surface area contributed by atoms with E-state index in [1.807, 2.05) is 24.3 Å². The Morgan fingerprint density at radius 3 is 3.16 bits per heavy atom. The van der Waals surface area contributed by atoms with Gasteiger partial charge in [-0.05, 0) is 30.5 Å². The van der Waals surface area contributed by atoms with Gasteiger partial charge in [0, 0.05) is 17.5 Å². The minimum Gasteiger partial charge on any atom is -0.378 e. The van der Waals surface area contributed by atoms with E-state index in [1.54, 1.807) is 11.0 Å². The largest absolute Gasteiger partial charge is 0.378 e. The van der Waals surface area contributed by atoms with Crippen LogP contribution < -0.4 is 5.32 Å². The first kappa shape index (κ1) is 16.7. The predicted molar refractivity (Wildman–Crippen MR) is 94.2 cm³/mol. The zero-order chi connectivity index (χ0) is 17.3. The number of anilines is 1. The molecular weight excluding hydrogens is 388 g/mol. The topological polar surface area (TPSA) is 78.3 Å². The Hall–Kier alpha value is -1.77. The highest BCUT2D eigenvalue weighted by Crippen LogP contribution is 2.37. The van der Waals surface area contributed by atoms with Crippen molar-refractivity contribution in [2.45, 2.75) is 37.5 Å². The Labute approximate surface area is 153 Å². The van der Waals surface area contributed by atoms with Crippen LogP contribution in [0.15, 0.2) is 35.1 Å². The monoisotopic (exact) mass is 406 g/mol. The van der Waals surface area contributed by atoms with Crippen LogP contribution in [0.4, 0.5) is 5.95 Å². The zero-order valence-electron chi connectivity index (χ0n) is 13.7. The van der Waals surface area contributed by atoms with Crippen LogP contribution in [-0.4, -0.2) is 45.6 Å². The van der Waals surface area contributed by atoms with Gasteiger partial charge in [0.15, 0.2) is 0 Å². The van der Waals surface area contributed by atoms with E-state index in [0.29, 0.717) is 32.1 Å². The maximum atomic E-state index is 12.4. The number of carbonyl (C=O) groups is 1. The third-order valence-electron chi connectivity index (χ3n) is 4.62. The first-order valence-electron chi connectivity index (χ1n) is 8.32. The molecule has 1 amide bonds. The van der Waals surface area contributed by atoms with E-state index in [9.17, 15) is 4.79 Å². The molecule has 1 spiro atoms. The number of rotatable bonds is 4. The Bertz CT molecular complexity index is 773. The predicted octanol–water partition coefficient (Wildman–Crippen LogP) is 2.37. The lowest BCUT2D eigenvalue weighted by Crippen LogP contribution is -2.34. The first-order valence-corrected chi connectivity index (χ1v) is 9.12. The number of hydrogen-bond donors (Lipinski definition) is 1. The summed E-state index contributed by atoms with van der Waals surface area (Å²) < 4.78 is 14.1. The maximum Gasteiger partial charge on any atom is 0.255 e. The van der Waals surface area contributed by atoms with Gasteiger partial charge in [0.05, 0.1) is 18.8 Å². The maximum absolute atomic E-state index is 12.4. The van der Waals surface area contributed by atoms with Gasteiger partial charge in [-0.25, -0.2) is 9.67 Å². The van der Waals surface area contributed by atoms with E-state index in [-0.39, 0.29) is 11.5 Å². The molecule has 0 aliphatic carbocycles. The Morgan fingerprint density at radius 2 is 2.36 bits per heavy atom. The standard InChI is InChI=1S/C17H19BrN4O3/c18-13-3-1-2-12(8-13)9-22-11-19-16(21-22)20-15(23)14-4-5-17(25-14)6-7-24-10-17/h1-3,8,11,14H,4-7,9-10H2,(H,20,21,23). The third-order valence-corrected chi connectivity index (χ3v) is 5.11. The summed E-state index contributed by atoms with van der Waals surface area (Å²) in [5, 5.41) is 7.06. The van der Waals surface area contributed by atoms with Gasteiger partial charge in [-0.1, -0.05) is 28.1 Å². The van der Waals surface area contributed by atoms with Gasteiger partial charge in [0.25, 0.3) is 5.91 Å². The zero-order valence-corrected chi connectivity index (χ0v) is 15.2. The van der Waals surface area contributed by atoms with E-state index in [2.05, 4.69) is 31.3 Å². The van der Waals surface area contributed by atoms with Gasteiger partial charge in [0.2, 0.25) is 5.95 Å². The van der Waals surface area contributed by atoms with Crippen molar-refractivity contribution in [3.8, 4) is 0 Å². The molecule has 2 atom stereocenters. The molecular formula is C17H19BrN4O3. The number of hydrogen-bond acceptors (Lipinski definition) is 5. The van der Waals surface area contributed by atoms with Crippen LogP contribution in [0.3, 0.4) is 0 Å². The van der Waals surface area contributed by atoms with E-state index in [4.69, 9.17) is 9.47 Å². The summed E-state index contributed by atoms with van der Waals surface area (Å²) in [6.07, 6.45) is 3.57. The van der Waals surface area contributed by atoms with Crippen LogP contribution in [0.5, 0.6) is 0 Å². The van der Waals surface area contributed by atoms with Crippen molar-refractivity contribution in [3.63, 3.8) is 0 Å². The van der Waals surface area contributed by atoms with Gasteiger partial charge in [-0.15, -0.1) is 5.10 Å². The fourth-order valence-electron chi connectivity index (χ4n) is 3.32.